The van der Waals surface area contributed by atoms with E-state index >= 15 is 0 Å². The van der Waals surface area contributed by atoms with E-state index in [1.54, 1.807) is 19.6 Å². The van der Waals surface area contributed by atoms with Crippen LogP contribution in [-0.2, 0) is 6.54 Å². The molecule has 0 bridgehead atoms. The highest BCUT2D eigenvalue weighted by Gasteiger charge is 2.14. The number of ether oxygens (including phenoxy) is 1. The smallest absolute Gasteiger partial charge is 0.251 e. The van der Waals surface area contributed by atoms with Gasteiger partial charge in [-0.05, 0) is 41.8 Å². The minimum atomic E-state index is -0.0677. The molecule has 3 rings (SSSR count). The van der Waals surface area contributed by atoms with E-state index in [4.69, 9.17) is 4.74 Å². The van der Waals surface area contributed by atoms with Crippen LogP contribution in [0.5, 0.6) is 5.75 Å². The van der Waals surface area contributed by atoms with Crippen molar-refractivity contribution in [2.24, 2.45) is 0 Å². The average Bonchev–Trinajstić information content (AvgIpc) is 3.19. The third-order valence-electron chi connectivity index (χ3n) is 4.37. The Hall–Kier alpha value is -3.08. The van der Waals surface area contributed by atoms with Gasteiger partial charge in [-0.15, -0.1) is 0 Å². The first kappa shape index (κ1) is 17.7. The Morgan fingerprint density at radius 2 is 1.88 bits per heavy atom. The molecule has 5 heteroatoms. The number of nitrogens with one attached hydrogen (secondary N) is 1. The average molecular weight is 349 g/mol. The van der Waals surface area contributed by atoms with Gasteiger partial charge in [0.2, 0.25) is 0 Å². The zero-order valence-electron chi connectivity index (χ0n) is 15.1. The van der Waals surface area contributed by atoms with Crippen LogP contribution in [0, 0.1) is 0 Å². The van der Waals surface area contributed by atoms with Crippen molar-refractivity contribution in [3.8, 4) is 5.75 Å². The summed E-state index contributed by atoms with van der Waals surface area (Å²) in [7, 11) is 1.64. The second kappa shape index (κ2) is 8.34. The maximum Gasteiger partial charge on any atom is 0.251 e. The van der Waals surface area contributed by atoms with E-state index in [2.05, 4.69) is 17.2 Å². The Morgan fingerprint density at radius 1 is 1.15 bits per heavy atom. The second-order valence-corrected chi connectivity index (χ2v) is 6.14. The number of carbonyl (C=O) groups is 1. The summed E-state index contributed by atoms with van der Waals surface area (Å²) in [6.07, 6.45) is 6.27. The van der Waals surface area contributed by atoms with E-state index in [-0.39, 0.29) is 11.9 Å². The molecule has 0 saturated carbocycles. The third-order valence-corrected chi connectivity index (χ3v) is 4.37. The number of benzene rings is 2. The highest BCUT2D eigenvalue weighted by molar-refractivity contribution is 5.94. The Bertz CT molecular complexity index is 825. The van der Waals surface area contributed by atoms with Crippen LogP contribution in [0.2, 0.25) is 0 Å². The first-order valence-electron chi connectivity index (χ1n) is 8.69. The van der Waals surface area contributed by atoms with Gasteiger partial charge in [-0.3, -0.25) is 4.79 Å². The van der Waals surface area contributed by atoms with Crippen LogP contribution in [0.1, 0.15) is 40.9 Å². The first-order chi connectivity index (χ1) is 12.7. The molecule has 5 nitrogen and oxygen atoms in total. The van der Waals surface area contributed by atoms with Crippen LogP contribution in [0.15, 0.2) is 67.3 Å². The molecule has 1 heterocycles. The van der Waals surface area contributed by atoms with Gasteiger partial charge in [0.1, 0.15) is 5.75 Å². The molecule has 1 atom stereocenters. The number of carbonyl (C=O) groups excluding carboxylic acids is 1. The molecule has 2 aromatic carbocycles. The maximum atomic E-state index is 12.6. The predicted molar refractivity (Wildman–Crippen MR) is 101 cm³/mol. The van der Waals surface area contributed by atoms with Crippen molar-refractivity contribution >= 4 is 5.91 Å². The molecule has 0 fully saturated rings. The second-order valence-electron chi connectivity index (χ2n) is 6.14. The van der Waals surface area contributed by atoms with Gasteiger partial charge >= 0.3 is 0 Å². The monoisotopic (exact) mass is 349 g/mol. The fourth-order valence-corrected chi connectivity index (χ4v) is 2.85. The molecule has 134 valence electrons. The number of methoxy groups -OCH3 is 1. The van der Waals surface area contributed by atoms with E-state index in [0.717, 1.165) is 29.8 Å². The zero-order chi connectivity index (χ0) is 18.4. The van der Waals surface area contributed by atoms with E-state index in [0.29, 0.717) is 5.56 Å². The number of imidazole rings is 1. The standard InChI is InChI=1S/C21H23N3O2/c1-3-20(17-8-10-19(26-2)11-9-17)23-21(25)18-6-4-16(5-7-18)14-24-13-12-22-15-24/h4-13,15,20H,3,14H2,1-2H3,(H,23,25)/t20-/m1/s1. The fourth-order valence-electron chi connectivity index (χ4n) is 2.85. The van der Waals surface area contributed by atoms with Crippen molar-refractivity contribution in [3.63, 3.8) is 0 Å². The van der Waals surface area contributed by atoms with Crippen LogP contribution < -0.4 is 10.1 Å². The Kier molecular flexibility index (Phi) is 5.69. The summed E-state index contributed by atoms with van der Waals surface area (Å²) < 4.78 is 7.18. The maximum absolute atomic E-state index is 12.6. The summed E-state index contributed by atoms with van der Waals surface area (Å²) in [5, 5.41) is 3.11. The molecule has 0 aliphatic carbocycles. The normalized spacial score (nSPS) is 11.8. The molecule has 0 saturated heterocycles. The van der Waals surface area contributed by atoms with Crippen molar-refractivity contribution in [3.05, 3.63) is 83.9 Å². The molecule has 1 amide bonds. The molecule has 26 heavy (non-hydrogen) atoms. The van der Waals surface area contributed by atoms with Crippen molar-refractivity contribution in [2.45, 2.75) is 25.9 Å². The molecular formula is C21H23N3O2. The molecule has 0 unspecified atom stereocenters. The number of aromatic nitrogens is 2. The minimum Gasteiger partial charge on any atom is -0.497 e. The van der Waals surface area contributed by atoms with Gasteiger partial charge < -0.3 is 14.6 Å². The molecule has 1 N–H and O–H groups in total. The van der Waals surface area contributed by atoms with Gasteiger partial charge in [0.05, 0.1) is 19.5 Å². The lowest BCUT2D eigenvalue weighted by Crippen LogP contribution is -2.28. The summed E-state index contributed by atoms with van der Waals surface area (Å²) in [5.41, 5.74) is 2.85. The summed E-state index contributed by atoms with van der Waals surface area (Å²) in [5.74, 6) is 0.741. The SMILES string of the molecule is CC[C@@H](NC(=O)c1ccc(Cn2ccnc2)cc1)c1ccc(OC)cc1. The number of nitrogens with zero attached hydrogens (tertiary/aromatic N) is 2. The zero-order valence-corrected chi connectivity index (χ0v) is 15.1. The highest BCUT2D eigenvalue weighted by Crippen LogP contribution is 2.20. The van der Waals surface area contributed by atoms with E-state index in [1.165, 1.54) is 0 Å². The molecule has 1 aromatic heterocycles. The largest absolute Gasteiger partial charge is 0.497 e. The number of hydrogen-bond acceptors (Lipinski definition) is 3. The van der Waals surface area contributed by atoms with Crippen LogP contribution >= 0.6 is 0 Å². The first-order valence-corrected chi connectivity index (χ1v) is 8.69. The minimum absolute atomic E-state index is 0.0287. The van der Waals surface area contributed by atoms with Gasteiger partial charge in [-0.25, -0.2) is 4.98 Å². The molecule has 0 aliphatic heterocycles. The van der Waals surface area contributed by atoms with Crippen LogP contribution in [-0.4, -0.2) is 22.6 Å². The fraction of sp³-hybridized carbons (Fsp3) is 0.238. The third kappa shape index (κ3) is 4.30. The van der Waals surface area contributed by atoms with E-state index < -0.39 is 0 Å². The van der Waals surface area contributed by atoms with Gasteiger partial charge in [-0.2, -0.15) is 0 Å². The Morgan fingerprint density at radius 3 is 2.46 bits per heavy atom. The van der Waals surface area contributed by atoms with Crippen LogP contribution in [0.4, 0.5) is 0 Å². The van der Waals surface area contributed by atoms with Gasteiger partial charge in [0.15, 0.2) is 0 Å². The Balaban J connectivity index is 1.65. The van der Waals surface area contributed by atoms with Gasteiger partial charge in [0, 0.05) is 24.5 Å². The molecular weight excluding hydrogens is 326 g/mol. The lowest BCUT2D eigenvalue weighted by Gasteiger charge is -2.18. The molecule has 0 aliphatic rings. The topological polar surface area (TPSA) is 56.2 Å². The quantitative estimate of drug-likeness (QED) is 0.705. The summed E-state index contributed by atoms with van der Waals surface area (Å²) in [6, 6.07) is 15.4. The van der Waals surface area contributed by atoms with Crippen LogP contribution in [0.3, 0.4) is 0 Å². The molecule has 3 aromatic rings. The summed E-state index contributed by atoms with van der Waals surface area (Å²) in [4.78, 5) is 16.6. The van der Waals surface area contributed by atoms with Crippen molar-refractivity contribution in [2.75, 3.05) is 7.11 Å². The van der Waals surface area contributed by atoms with E-state index in [1.807, 2.05) is 59.3 Å². The predicted octanol–water partition coefficient (Wildman–Crippen LogP) is 3.82. The van der Waals surface area contributed by atoms with Crippen molar-refractivity contribution in [1.29, 1.82) is 0 Å². The van der Waals surface area contributed by atoms with Gasteiger partial charge in [-0.1, -0.05) is 31.2 Å². The number of rotatable bonds is 7. The number of hydrogen-bond donors (Lipinski definition) is 1. The van der Waals surface area contributed by atoms with Gasteiger partial charge in [0.25, 0.3) is 5.91 Å². The lowest BCUT2D eigenvalue weighted by molar-refractivity contribution is 0.0935. The summed E-state index contributed by atoms with van der Waals surface area (Å²) in [6.45, 7) is 2.80. The van der Waals surface area contributed by atoms with Crippen molar-refractivity contribution < 1.29 is 9.53 Å². The van der Waals surface area contributed by atoms with Crippen LogP contribution in [0.25, 0.3) is 0 Å². The van der Waals surface area contributed by atoms with E-state index in [9.17, 15) is 4.79 Å². The number of amides is 1. The summed E-state index contributed by atoms with van der Waals surface area (Å²) >= 11 is 0. The molecule has 0 radical (unpaired) electrons. The highest BCUT2D eigenvalue weighted by atomic mass is 16.5. The molecule has 0 spiro atoms. The lowest BCUT2D eigenvalue weighted by atomic mass is 10.0. The van der Waals surface area contributed by atoms with Crippen molar-refractivity contribution in [1.82, 2.24) is 14.9 Å². The Labute approximate surface area is 153 Å².